The number of hydrogen-bond donors (Lipinski definition) is 0. The van der Waals surface area contributed by atoms with E-state index in [2.05, 4.69) is 103 Å². The molecule has 0 fully saturated rings. The lowest BCUT2D eigenvalue weighted by atomic mass is 10.2. The number of allylic oxidation sites excluding steroid dienone is 6. The number of hydrogen-bond acceptors (Lipinski definition) is 3. The average Bonchev–Trinajstić information content (AvgIpc) is 2.91. The van der Waals surface area contributed by atoms with Crippen LogP contribution in [-0.4, -0.2) is 10.2 Å². The lowest BCUT2D eigenvalue weighted by Gasteiger charge is -2.25. The maximum Gasteiger partial charge on any atom is 0.160 e. The lowest BCUT2D eigenvalue weighted by molar-refractivity contribution is 1.01. The van der Waals surface area contributed by atoms with Crippen molar-refractivity contribution >= 4 is 30.2 Å². The van der Waals surface area contributed by atoms with Crippen molar-refractivity contribution in [2.24, 2.45) is 0 Å². The van der Waals surface area contributed by atoms with Crippen LogP contribution in [0.3, 0.4) is 0 Å². The molecule has 166 valence electrons. The number of anilines is 2. The third kappa shape index (κ3) is 5.83. The highest BCUT2D eigenvalue weighted by molar-refractivity contribution is 7.76. The van der Waals surface area contributed by atoms with E-state index in [0.29, 0.717) is 0 Å². The summed E-state index contributed by atoms with van der Waals surface area (Å²) >= 11 is 0. The molecule has 1 atom stereocenters. The summed E-state index contributed by atoms with van der Waals surface area (Å²) in [6, 6.07) is 25.0. The lowest BCUT2D eigenvalue weighted by Crippen LogP contribution is -2.21. The van der Waals surface area contributed by atoms with Crippen molar-refractivity contribution in [2.45, 2.75) is 19.8 Å². The fourth-order valence-corrected chi connectivity index (χ4v) is 5.86. The largest absolute Gasteiger partial charge is 0.294 e. The minimum atomic E-state index is -0.730. The Morgan fingerprint density at radius 1 is 0.909 bits per heavy atom. The van der Waals surface area contributed by atoms with Crippen molar-refractivity contribution in [1.29, 1.82) is 0 Å². The Balaban J connectivity index is 0.00000149. The van der Waals surface area contributed by atoms with E-state index in [1.54, 1.807) is 0 Å². The van der Waals surface area contributed by atoms with E-state index in [1.165, 1.54) is 10.6 Å². The van der Waals surface area contributed by atoms with E-state index in [4.69, 9.17) is 5.10 Å². The standard InChI is InChI=1S/C27H26N3P.C2H4/c1-3-22(4-2)30(23-14-8-5-9-15-23)26-20-21-27(29-28-26)31(24-16-10-6-11-17-24)25-18-12-7-13-19-25;1-2/h3-6,8-12,14-21H,1,7,13H2,2H3;1-2H2/b22-4+;. The van der Waals surface area contributed by atoms with Crippen molar-refractivity contribution < 1.29 is 0 Å². The number of rotatable bonds is 7. The van der Waals surface area contributed by atoms with E-state index >= 15 is 0 Å². The van der Waals surface area contributed by atoms with Gasteiger partial charge < -0.3 is 0 Å². The molecule has 0 aliphatic heterocycles. The van der Waals surface area contributed by atoms with Gasteiger partial charge in [0.2, 0.25) is 0 Å². The highest BCUT2D eigenvalue weighted by Crippen LogP contribution is 2.44. The van der Waals surface area contributed by atoms with Crippen molar-refractivity contribution in [3.63, 3.8) is 0 Å². The highest BCUT2D eigenvalue weighted by Gasteiger charge is 2.21. The van der Waals surface area contributed by atoms with Gasteiger partial charge in [-0.2, -0.15) is 0 Å². The summed E-state index contributed by atoms with van der Waals surface area (Å²) in [5.74, 6) is 0.777. The molecule has 0 amide bonds. The maximum atomic E-state index is 4.73. The molecule has 1 aliphatic carbocycles. The van der Waals surface area contributed by atoms with Crippen molar-refractivity contribution in [3.8, 4) is 0 Å². The summed E-state index contributed by atoms with van der Waals surface area (Å²) in [4.78, 5) is 2.08. The molecule has 1 heterocycles. The van der Waals surface area contributed by atoms with Gasteiger partial charge in [-0.05, 0) is 60.7 Å². The van der Waals surface area contributed by atoms with Gasteiger partial charge >= 0.3 is 0 Å². The van der Waals surface area contributed by atoms with Gasteiger partial charge in [-0.1, -0.05) is 79.4 Å². The molecule has 1 aliphatic rings. The predicted octanol–water partition coefficient (Wildman–Crippen LogP) is 7.17. The average molecular weight is 452 g/mol. The molecule has 0 saturated carbocycles. The first kappa shape index (κ1) is 24.1. The van der Waals surface area contributed by atoms with Crippen molar-refractivity contribution in [3.05, 3.63) is 134 Å². The van der Waals surface area contributed by atoms with Gasteiger partial charge in [0.25, 0.3) is 0 Å². The van der Waals surface area contributed by atoms with Gasteiger partial charge in [0.15, 0.2) is 5.82 Å². The Kier molecular flexibility index (Phi) is 9.11. The Bertz CT molecular complexity index is 1120. The summed E-state index contributed by atoms with van der Waals surface area (Å²) in [7, 11) is -0.730. The Morgan fingerprint density at radius 3 is 2.15 bits per heavy atom. The van der Waals surface area contributed by atoms with Crippen LogP contribution in [0, 0.1) is 0 Å². The molecule has 2 aromatic carbocycles. The van der Waals surface area contributed by atoms with Crippen molar-refractivity contribution in [2.75, 3.05) is 4.90 Å². The first-order valence-electron chi connectivity index (χ1n) is 11.0. The highest BCUT2D eigenvalue weighted by atomic mass is 31.1. The van der Waals surface area contributed by atoms with Gasteiger partial charge in [-0.15, -0.1) is 23.4 Å². The number of nitrogens with zero attached hydrogens (tertiary/aromatic N) is 3. The molecule has 0 saturated heterocycles. The second-order valence-corrected chi connectivity index (χ2v) is 9.28. The fraction of sp³-hybridized carbons (Fsp3) is 0.103. The van der Waals surface area contributed by atoms with Crippen LogP contribution in [0.15, 0.2) is 134 Å². The summed E-state index contributed by atoms with van der Waals surface area (Å²) in [6.45, 7) is 12.0. The normalized spacial score (nSPS) is 13.8. The zero-order chi connectivity index (χ0) is 23.5. The first-order valence-corrected chi connectivity index (χ1v) is 12.4. The summed E-state index contributed by atoms with van der Waals surface area (Å²) < 4.78 is 0. The monoisotopic (exact) mass is 451 g/mol. The Morgan fingerprint density at radius 2 is 1.61 bits per heavy atom. The third-order valence-corrected chi connectivity index (χ3v) is 7.48. The summed E-state index contributed by atoms with van der Waals surface area (Å²) in [5, 5.41) is 12.0. The second kappa shape index (κ2) is 12.5. The summed E-state index contributed by atoms with van der Waals surface area (Å²) in [5.41, 5.74) is 3.01. The van der Waals surface area contributed by atoms with Crippen LogP contribution in [0.25, 0.3) is 0 Å². The first-order chi connectivity index (χ1) is 16.3. The number of benzene rings is 2. The molecule has 4 heteroatoms. The van der Waals surface area contributed by atoms with Gasteiger partial charge in [-0.25, -0.2) is 0 Å². The molecule has 33 heavy (non-hydrogen) atoms. The Labute approximate surface area is 199 Å². The van der Waals surface area contributed by atoms with E-state index in [9.17, 15) is 0 Å². The van der Waals surface area contributed by atoms with E-state index in [1.807, 2.05) is 37.3 Å². The topological polar surface area (TPSA) is 29.0 Å². The molecule has 3 nitrogen and oxygen atoms in total. The number of aromatic nitrogens is 2. The van der Waals surface area contributed by atoms with Crippen LogP contribution in [0.1, 0.15) is 19.8 Å². The molecular weight excluding hydrogens is 421 g/mol. The molecule has 1 unspecified atom stereocenters. The molecule has 3 aromatic rings. The van der Waals surface area contributed by atoms with E-state index in [-0.39, 0.29) is 0 Å². The van der Waals surface area contributed by atoms with Crippen LogP contribution in [0.2, 0.25) is 0 Å². The third-order valence-electron chi connectivity index (χ3n) is 5.12. The zero-order valence-electron chi connectivity index (χ0n) is 19.1. The molecule has 1 aromatic heterocycles. The smallest absolute Gasteiger partial charge is 0.160 e. The van der Waals surface area contributed by atoms with Gasteiger partial charge in [-0.3, -0.25) is 4.90 Å². The molecule has 0 bridgehead atoms. The van der Waals surface area contributed by atoms with E-state index in [0.717, 1.165) is 35.5 Å². The number of para-hydroxylation sites is 1. The van der Waals surface area contributed by atoms with Gasteiger partial charge in [0, 0.05) is 19.3 Å². The van der Waals surface area contributed by atoms with Crippen molar-refractivity contribution in [1.82, 2.24) is 10.2 Å². The zero-order valence-corrected chi connectivity index (χ0v) is 20.0. The van der Waals surface area contributed by atoms with E-state index < -0.39 is 7.92 Å². The minimum Gasteiger partial charge on any atom is -0.294 e. The molecule has 0 N–H and O–H groups in total. The quantitative estimate of drug-likeness (QED) is 0.217. The Hall–Kier alpha value is -3.55. The molecule has 0 radical (unpaired) electrons. The van der Waals surface area contributed by atoms with Crippen LogP contribution in [0.4, 0.5) is 11.5 Å². The molecule has 0 spiro atoms. The second-order valence-electron chi connectivity index (χ2n) is 7.12. The molecular formula is C29H30N3P. The maximum absolute atomic E-state index is 4.73. The van der Waals surface area contributed by atoms with Crippen LogP contribution >= 0.6 is 7.92 Å². The molecule has 4 rings (SSSR count). The van der Waals surface area contributed by atoms with Gasteiger partial charge in [0.05, 0.1) is 5.44 Å². The van der Waals surface area contributed by atoms with Crippen LogP contribution in [0.5, 0.6) is 0 Å². The summed E-state index contributed by atoms with van der Waals surface area (Å²) in [6.07, 6.45) is 12.9. The van der Waals surface area contributed by atoms with Crippen LogP contribution < -0.4 is 15.6 Å². The SMILES string of the molecule is C=C.C=C/C(=C\C)N(c1ccccc1)c1ccc(P(C2=CCCC=C2)c2ccccc2)nn1. The predicted molar refractivity (Wildman–Crippen MR) is 145 cm³/mol. The van der Waals surface area contributed by atoms with Gasteiger partial charge in [0.1, 0.15) is 0 Å². The van der Waals surface area contributed by atoms with Crippen LogP contribution in [-0.2, 0) is 0 Å². The minimum absolute atomic E-state index is 0.730. The fourth-order valence-electron chi connectivity index (χ4n) is 3.64.